The third-order valence-corrected chi connectivity index (χ3v) is 5.33. The van der Waals surface area contributed by atoms with Gasteiger partial charge >= 0.3 is 0 Å². The van der Waals surface area contributed by atoms with Gasteiger partial charge in [-0.15, -0.1) is 0 Å². The topological polar surface area (TPSA) is 53.2 Å². The molecule has 4 nitrogen and oxygen atoms in total. The molecular formula is C16H13Br3IN3OS. The first kappa shape index (κ1) is 21.1. The predicted molar refractivity (Wildman–Crippen MR) is 126 cm³/mol. The molecule has 0 spiro atoms. The maximum Gasteiger partial charge on any atom is 0.252 e. The molecule has 0 saturated heterocycles. The van der Waals surface area contributed by atoms with Crippen LogP contribution in [-0.4, -0.2) is 19.3 Å². The molecule has 2 rings (SSSR count). The Bertz CT molecular complexity index is 739. The molecule has 0 aliphatic carbocycles. The van der Waals surface area contributed by atoms with E-state index in [1.165, 1.54) is 0 Å². The van der Waals surface area contributed by atoms with Crippen molar-refractivity contribution < 1.29 is 4.79 Å². The van der Waals surface area contributed by atoms with E-state index in [9.17, 15) is 4.79 Å². The zero-order valence-corrected chi connectivity index (χ0v) is 20.3. The maximum absolute atomic E-state index is 12.4. The first-order chi connectivity index (χ1) is 11.8. The lowest BCUT2D eigenvalue weighted by molar-refractivity contribution is 0.0936. The first-order valence-electron chi connectivity index (χ1n) is 7.01. The molecule has 1 atom stereocenters. The molecule has 3 N–H and O–H groups in total. The number of hydrogen-bond donors (Lipinski definition) is 3. The van der Waals surface area contributed by atoms with Gasteiger partial charge < -0.3 is 16.0 Å². The third kappa shape index (κ3) is 7.12. The summed E-state index contributed by atoms with van der Waals surface area (Å²) in [6.45, 7) is 0. The quantitative estimate of drug-likeness (QED) is 0.183. The van der Waals surface area contributed by atoms with E-state index in [1.54, 1.807) is 12.1 Å². The summed E-state index contributed by atoms with van der Waals surface area (Å²) >= 11 is 17.9. The average Bonchev–Trinajstić information content (AvgIpc) is 2.56. The van der Waals surface area contributed by atoms with Crippen LogP contribution in [0.1, 0.15) is 10.4 Å². The monoisotopic (exact) mass is 659 g/mol. The molecular weight excluding hydrogens is 649 g/mol. The van der Waals surface area contributed by atoms with Crippen molar-refractivity contribution in [2.24, 2.45) is 0 Å². The Labute approximate surface area is 190 Å². The first-order valence-corrected chi connectivity index (χ1v) is 10.9. The summed E-state index contributed by atoms with van der Waals surface area (Å²) in [5.41, 5.74) is 1.41. The minimum absolute atomic E-state index is 0.224. The van der Waals surface area contributed by atoms with Gasteiger partial charge in [0.15, 0.2) is 7.26 Å². The molecule has 2 aromatic rings. The van der Waals surface area contributed by atoms with Crippen LogP contribution < -0.4 is 16.0 Å². The standard InChI is InChI=1S/C16H13Br3IN3OS/c17-16(18,19)14(22-13(24)10-4-2-1-3-5-10)23-15(25)21-12-8-6-11(20)7-9-12/h1-9,14H,(H,22,24)(H2,21,23,25). The van der Waals surface area contributed by atoms with Crippen LogP contribution in [-0.2, 0) is 0 Å². The molecule has 0 saturated carbocycles. The lowest BCUT2D eigenvalue weighted by atomic mass is 10.2. The molecule has 0 aliphatic rings. The summed E-state index contributed by atoms with van der Waals surface area (Å²) in [7, 11) is 0. The van der Waals surface area contributed by atoms with Crippen LogP contribution in [0.3, 0.4) is 0 Å². The fourth-order valence-electron chi connectivity index (χ4n) is 1.84. The molecule has 2 aromatic carbocycles. The van der Waals surface area contributed by atoms with Crippen molar-refractivity contribution in [1.82, 2.24) is 10.6 Å². The highest BCUT2D eigenvalue weighted by Crippen LogP contribution is 2.36. The van der Waals surface area contributed by atoms with Crippen LogP contribution in [0.15, 0.2) is 54.6 Å². The van der Waals surface area contributed by atoms with Crippen molar-refractivity contribution in [2.75, 3.05) is 5.32 Å². The molecule has 0 aliphatic heterocycles. The molecule has 132 valence electrons. The van der Waals surface area contributed by atoms with E-state index >= 15 is 0 Å². The van der Waals surface area contributed by atoms with Gasteiger partial charge in [0, 0.05) is 14.8 Å². The van der Waals surface area contributed by atoms with Crippen molar-refractivity contribution in [3.8, 4) is 0 Å². The van der Waals surface area contributed by atoms with E-state index in [0.717, 1.165) is 9.26 Å². The fourth-order valence-corrected chi connectivity index (χ4v) is 3.12. The molecule has 0 aromatic heterocycles. The number of alkyl halides is 3. The van der Waals surface area contributed by atoms with Crippen LogP contribution >= 0.6 is 82.6 Å². The second-order valence-corrected chi connectivity index (χ2v) is 13.5. The van der Waals surface area contributed by atoms with Gasteiger partial charge in [0.25, 0.3) is 5.91 Å². The van der Waals surface area contributed by atoms with Gasteiger partial charge in [-0.3, -0.25) is 4.79 Å². The summed E-state index contributed by atoms with van der Waals surface area (Å²) in [6.07, 6.45) is -0.566. The predicted octanol–water partition coefficient (Wildman–Crippen LogP) is 5.17. The van der Waals surface area contributed by atoms with Crippen LogP contribution in [0.2, 0.25) is 0 Å². The number of benzene rings is 2. The third-order valence-electron chi connectivity index (χ3n) is 3.02. The zero-order chi connectivity index (χ0) is 18.4. The Balaban J connectivity index is 2.03. The van der Waals surface area contributed by atoms with Crippen molar-refractivity contribution in [3.63, 3.8) is 0 Å². The normalized spacial score (nSPS) is 12.2. The molecule has 0 fully saturated rings. The van der Waals surface area contributed by atoms with Crippen molar-refractivity contribution in [1.29, 1.82) is 0 Å². The van der Waals surface area contributed by atoms with Crippen LogP contribution in [0.25, 0.3) is 0 Å². The van der Waals surface area contributed by atoms with E-state index in [4.69, 9.17) is 12.2 Å². The average molecular weight is 662 g/mol. The van der Waals surface area contributed by atoms with E-state index in [2.05, 4.69) is 86.3 Å². The van der Waals surface area contributed by atoms with E-state index < -0.39 is 8.31 Å². The Morgan fingerprint density at radius 2 is 1.60 bits per heavy atom. The lowest BCUT2D eigenvalue weighted by Crippen LogP contribution is -2.55. The summed E-state index contributed by atoms with van der Waals surface area (Å²) < 4.78 is 0.352. The molecule has 0 radical (unpaired) electrons. The highest BCUT2D eigenvalue weighted by molar-refractivity contribution is 14.1. The highest BCUT2D eigenvalue weighted by atomic mass is 127. The van der Waals surface area contributed by atoms with E-state index in [1.807, 2.05) is 42.5 Å². The molecule has 1 unspecified atom stereocenters. The minimum Gasteiger partial charge on any atom is -0.340 e. The smallest absolute Gasteiger partial charge is 0.252 e. The molecule has 0 bridgehead atoms. The summed E-state index contributed by atoms with van der Waals surface area (Å²) in [5.74, 6) is -0.224. The minimum atomic E-state index is -0.782. The zero-order valence-electron chi connectivity index (χ0n) is 12.6. The Kier molecular flexibility index (Phi) is 8.12. The number of nitrogens with one attached hydrogen (secondary N) is 3. The molecule has 1 amide bonds. The second kappa shape index (κ2) is 9.63. The fraction of sp³-hybridized carbons (Fsp3) is 0.125. The van der Waals surface area contributed by atoms with E-state index in [0.29, 0.717) is 10.7 Å². The van der Waals surface area contributed by atoms with Crippen LogP contribution in [0.5, 0.6) is 0 Å². The summed E-state index contributed by atoms with van der Waals surface area (Å²) in [6, 6.07) is 16.8. The number of anilines is 1. The van der Waals surface area contributed by atoms with Gasteiger partial charge in [-0.2, -0.15) is 0 Å². The van der Waals surface area contributed by atoms with Crippen LogP contribution in [0.4, 0.5) is 5.69 Å². The maximum atomic E-state index is 12.4. The Morgan fingerprint density at radius 3 is 2.16 bits per heavy atom. The van der Waals surface area contributed by atoms with Crippen molar-refractivity contribution >= 4 is 99.3 Å². The SMILES string of the molecule is O=C(NC(NC(=S)Nc1ccc(I)cc1)C(Br)(Br)Br)c1ccccc1. The molecule has 25 heavy (non-hydrogen) atoms. The largest absolute Gasteiger partial charge is 0.340 e. The highest BCUT2D eigenvalue weighted by Gasteiger charge is 2.33. The van der Waals surface area contributed by atoms with Gasteiger partial charge in [0.2, 0.25) is 0 Å². The van der Waals surface area contributed by atoms with Gasteiger partial charge in [-0.1, -0.05) is 66.0 Å². The number of halogens is 4. The molecule has 0 heterocycles. The van der Waals surface area contributed by atoms with Gasteiger partial charge in [-0.25, -0.2) is 0 Å². The summed E-state index contributed by atoms with van der Waals surface area (Å²) in [5, 5.41) is 9.41. The van der Waals surface area contributed by atoms with Crippen molar-refractivity contribution in [3.05, 3.63) is 63.7 Å². The number of rotatable bonds is 4. The number of carbonyl (C=O) groups excluding carboxylic acids is 1. The van der Waals surface area contributed by atoms with Crippen LogP contribution in [0, 0.1) is 3.57 Å². The lowest BCUT2D eigenvalue weighted by Gasteiger charge is -2.28. The number of carbonyl (C=O) groups is 1. The Hall–Kier alpha value is -0.230. The Morgan fingerprint density at radius 1 is 1.00 bits per heavy atom. The molecule has 9 heteroatoms. The second-order valence-electron chi connectivity index (χ2n) is 4.92. The van der Waals surface area contributed by atoms with Crippen molar-refractivity contribution in [2.45, 2.75) is 8.31 Å². The van der Waals surface area contributed by atoms with Gasteiger partial charge in [-0.05, 0) is 71.2 Å². The number of hydrogen-bond acceptors (Lipinski definition) is 2. The number of thiocarbonyl (C=S) groups is 1. The van der Waals surface area contributed by atoms with Gasteiger partial charge in [0.1, 0.15) is 6.17 Å². The van der Waals surface area contributed by atoms with Gasteiger partial charge in [0.05, 0.1) is 0 Å². The van der Waals surface area contributed by atoms with E-state index in [-0.39, 0.29) is 5.91 Å². The summed E-state index contributed by atoms with van der Waals surface area (Å²) in [4.78, 5) is 12.4. The number of amides is 1.